The van der Waals surface area contributed by atoms with Crippen LogP contribution >= 0.6 is 0 Å². The lowest BCUT2D eigenvalue weighted by Crippen LogP contribution is -2.18. The van der Waals surface area contributed by atoms with Gasteiger partial charge in [0.25, 0.3) is 0 Å². The zero-order valence-electron chi connectivity index (χ0n) is 7.89. The quantitative estimate of drug-likeness (QED) is 0.722. The minimum absolute atomic E-state index is 0.0663. The standard InChI is InChI=1S/C9H14N2O2/c1-6-8(4-10)3-9(13-6)5-11-7(2)12/h3H,4-5,10H2,1-2H3,(H,11,12). The van der Waals surface area contributed by atoms with Crippen LogP contribution in [-0.2, 0) is 17.9 Å². The van der Waals surface area contributed by atoms with Crippen molar-refractivity contribution in [2.24, 2.45) is 5.73 Å². The normalized spacial score (nSPS) is 10.1. The van der Waals surface area contributed by atoms with Crippen LogP contribution in [-0.4, -0.2) is 5.91 Å². The minimum Gasteiger partial charge on any atom is -0.464 e. The van der Waals surface area contributed by atoms with Crippen molar-refractivity contribution >= 4 is 5.91 Å². The smallest absolute Gasteiger partial charge is 0.217 e. The number of amides is 1. The third-order valence-electron chi connectivity index (χ3n) is 1.80. The summed E-state index contributed by atoms with van der Waals surface area (Å²) in [6, 6.07) is 1.87. The van der Waals surface area contributed by atoms with Gasteiger partial charge in [0.1, 0.15) is 11.5 Å². The van der Waals surface area contributed by atoms with E-state index in [-0.39, 0.29) is 5.91 Å². The molecule has 0 aliphatic carbocycles. The molecule has 1 aromatic rings. The van der Waals surface area contributed by atoms with Gasteiger partial charge in [0, 0.05) is 19.0 Å². The average Bonchev–Trinajstić information content (AvgIpc) is 2.43. The maximum absolute atomic E-state index is 10.6. The first-order chi connectivity index (χ1) is 6.13. The van der Waals surface area contributed by atoms with E-state index in [9.17, 15) is 4.79 Å². The summed E-state index contributed by atoms with van der Waals surface area (Å²) >= 11 is 0. The predicted molar refractivity (Wildman–Crippen MR) is 48.9 cm³/mol. The van der Waals surface area contributed by atoms with Gasteiger partial charge in [-0.05, 0) is 13.0 Å². The Bertz CT molecular complexity index is 305. The molecule has 72 valence electrons. The van der Waals surface area contributed by atoms with Crippen molar-refractivity contribution in [3.8, 4) is 0 Å². The summed E-state index contributed by atoms with van der Waals surface area (Å²) in [7, 11) is 0. The third-order valence-corrected chi connectivity index (χ3v) is 1.80. The molecule has 13 heavy (non-hydrogen) atoms. The monoisotopic (exact) mass is 182 g/mol. The van der Waals surface area contributed by atoms with Crippen molar-refractivity contribution in [2.45, 2.75) is 26.9 Å². The van der Waals surface area contributed by atoms with Crippen LogP contribution in [0.25, 0.3) is 0 Å². The molecule has 1 amide bonds. The first-order valence-corrected chi connectivity index (χ1v) is 4.16. The lowest BCUT2D eigenvalue weighted by atomic mass is 10.2. The zero-order valence-corrected chi connectivity index (χ0v) is 7.89. The summed E-state index contributed by atoms with van der Waals surface area (Å²) in [6.07, 6.45) is 0. The number of rotatable bonds is 3. The van der Waals surface area contributed by atoms with Crippen molar-refractivity contribution in [1.82, 2.24) is 5.32 Å². The van der Waals surface area contributed by atoms with Gasteiger partial charge in [0.15, 0.2) is 0 Å². The maximum atomic E-state index is 10.6. The van der Waals surface area contributed by atoms with E-state index in [1.165, 1.54) is 6.92 Å². The molecule has 0 spiro atoms. The van der Waals surface area contributed by atoms with Crippen molar-refractivity contribution < 1.29 is 9.21 Å². The first-order valence-electron chi connectivity index (χ1n) is 4.16. The molecule has 0 aromatic carbocycles. The fourth-order valence-corrected chi connectivity index (χ4v) is 1.09. The van der Waals surface area contributed by atoms with Crippen molar-refractivity contribution in [2.75, 3.05) is 0 Å². The van der Waals surface area contributed by atoms with Gasteiger partial charge >= 0.3 is 0 Å². The molecule has 0 radical (unpaired) electrons. The van der Waals surface area contributed by atoms with Gasteiger partial charge in [-0.1, -0.05) is 0 Å². The molecule has 0 atom stereocenters. The Morgan fingerprint density at radius 2 is 2.38 bits per heavy atom. The molecule has 0 aliphatic heterocycles. The Hall–Kier alpha value is -1.29. The van der Waals surface area contributed by atoms with Gasteiger partial charge in [0.05, 0.1) is 6.54 Å². The van der Waals surface area contributed by atoms with E-state index in [1.54, 1.807) is 0 Å². The Morgan fingerprint density at radius 1 is 1.69 bits per heavy atom. The highest BCUT2D eigenvalue weighted by molar-refractivity contribution is 5.72. The van der Waals surface area contributed by atoms with Crippen LogP contribution in [0, 0.1) is 6.92 Å². The van der Waals surface area contributed by atoms with Gasteiger partial charge in [-0.25, -0.2) is 0 Å². The summed E-state index contributed by atoms with van der Waals surface area (Å²) < 4.78 is 5.36. The highest BCUT2D eigenvalue weighted by Gasteiger charge is 2.05. The minimum atomic E-state index is -0.0663. The summed E-state index contributed by atoms with van der Waals surface area (Å²) in [6.45, 7) is 4.23. The average molecular weight is 182 g/mol. The molecule has 0 unspecified atom stereocenters. The van der Waals surface area contributed by atoms with Crippen LogP contribution in [0.15, 0.2) is 10.5 Å². The number of hydrogen-bond donors (Lipinski definition) is 2. The number of nitrogens with two attached hydrogens (primary N) is 1. The summed E-state index contributed by atoms with van der Waals surface area (Å²) in [5.74, 6) is 1.50. The highest BCUT2D eigenvalue weighted by atomic mass is 16.3. The van der Waals surface area contributed by atoms with Crippen LogP contribution in [0.2, 0.25) is 0 Å². The maximum Gasteiger partial charge on any atom is 0.217 e. The largest absolute Gasteiger partial charge is 0.464 e. The van der Waals surface area contributed by atoms with E-state index >= 15 is 0 Å². The summed E-state index contributed by atoms with van der Waals surface area (Å²) in [5.41, 5.74) is 6.46. The Balaban J connectivity index is 2.62. The molecule has 0 saturated heterocycles. The van der Waals surface area contributed by atoms with E-state index < -0.39 is 0 Å². The Kier molecular flexibility index (Phi) is 3.08. The van der Waals surface area contributed by atoms with Crippen LogP contribution in [0.4, 0.5) is 0 Å². The topological polar surface area (TPSA) is 68.3 Å². The molecule has 0 saturated carbocycles. The van der Waals surface area contributed by atoms with Crippen LogP contribution in [0.3, 0.4) is 0 Å². The number of carbonyl (C=O) groups is 1. The molecule has 0 bridgehead atoms. The second-order valence-electron chi connectivity index (χ2n) is 2.91. The molecule has 0 fully saturated rings. The molecule has 4 nitrogen and oxygen atoms in total. The van der Waals surface area contributed by atoms with Crippen LogP contribution in [0.1, 0.15) is 24.0 Å². The molecular formula is C9H14N2O2. The first kappa shape index (κ1) is 9.80. The number of furan rings is 1. The molecule has 3 N–H and O–H groups in total. The summed E-state index contributed by atoms with van der Waals surface area (Å²) in [4.78, 5) is 10.6. The second kappa shape index (κ2) is 4.09. The van der Waals surface area contributed by atoms with E-state index in [2.05, 4.69) is 5.32 Å². The number of nitrogens with one attached hydrogen (secondary N) is 1. The lowest BCUT2D eigenvalue weighted by molar-refractivity contribution is -0.119. The van der Waals surface area contributed by atoms with E-state index in [0.717, 1.165) is 17.1 Å². The van der Waals surface area contributed by atoms with Gasteiger partial charge < -0.3 is 15.5 Å². The van der Waals surface area contributed by atoms with E-state index in [1.807, 2.05) is 13.0 Å². The van der Waals surface area contributed by atoms with Gasteiger partial charge in [-0.15, -0.1) is 0 Å². The predicted octanol–water partition coefficient (Wildman–Crippen LogP) is 0.683. The molecule has 1 rings (SSSR count). The van der Waals surface area contributed by atoms with Crippen molar-refractivity contribution in [1.29, 1.82) is 0 Å². The number of carbonyl (C=O) groups excluding carboxylic acids is 1. The SMILES string of the molecule is CC(=O)NCc1cc(CN)c(C)o1. The zero-order chi connectivity index (χ0) is 9.84. The fourth-order valence-electron chi connectivity index (χ4n) is 1.09. The highest BCUT2D eigenvalue weighted by Crippen LogP contribution is 2.13. The molecular weight excluding hydrogens is 168 g/mol. The summed E-state index contributed by atoms with van der Waals surface area (Å²) in [5, 5.41) is 2.65. The van der Waals surface area contributed by atoms with Crippen LogP contribution < -0.4 is 11.1 Å². The second-order valence-corrected chi connectivity index (χ2v) is 2.91. The Labute approximate surface area is 77.1 Å². The van der Waals surface area contributed by atoms with E-state index in [4.69, 9.17) is 10.2 Å². The van der Waals surface area contributed by atoms with Gasteiger partial charge in [0.2, 0.25) is 5.91 Å². The third kappa shape index (κ3) is 2.59. The lowest BCUT2D eigenvalue weighted by Gasteiger charge is -1.96. The number of hydrogen-bond acceptors (Lipinski definition) is 3. The van der Waals surface area contributed by atoms with Gasteiger partial charge in [-0.3, -0.25) is 4.79 Å². The van der Waals surface area contributed by atoms with Crippen molar-refractivity contribution in [3.05, 3.63) is 23.2 Å². The fraction of sp³-hybridized carbons (Fsp3) is 0.444. The molecule has 1 aromatic heterocycles. The van der Waals surface area contributed by atoms with E-state index in [0.29, 0.717) is 13.1 Å². The number of aryl methyl sites for hydroxylation is 1. The van der Waals surface area contributed by atoms with Gasteiger partial charge in [-0.2, -0.15) is 0 Å². The molecule has 1 heterocycles. The van der Waals surface area contributed by atoms with Crippen molar-refractivity contribution in [3.63, 3.8) is 0 Å². The molecule has 4 heteroatoms. The molecule has 0 aliphatic rings. The Morgan fingerprint density at radius 3 is 2.85 bits per heavy atom. The van der Waals surface area contributed by atoms with Crippen LogP contribution in [0.5, 0.6) is 0 Å².